The number of fused-ring (bicyclic) bond motifs is 2. The predicted molar refractivity (Wildman–Crippen MR) is 106 cm³/mol. The van der Waals surface area contributed by atoms with E-state index in [4.69, 9.17) is 26.1 Å². The number of carbonyl (C=O) groups is 1. The molecule has 6 nitrogen and oxygen atoms in total. The van der Waals surface area contributed by atoms with Gasteiger partial charge in [-0.1, -0.05) is 11.6 Å². The number of hydrogen-bond donors (Lipinski definition) is 0. The second-order valence-corrected chi connectivity index (χ2v) is 7.70. The molecule has 1 saturated heterocycles. The summed E-state index contributed by atoms with van der Waals surface area (Å²) in [6.45, 7) is 3.41. The highest BCUT2D eigenvalue weighted by atomic mass is 35.5. The molecule has 2 aliphatic heterocycles. The van der Waals surface area contributed by atoms with E-state index in [1.165, 1.54) is 0 Å². The molecule has 3 aromatic rings. The molecule has 0 aliphatic carbocycles. The van der Waals surface area contributed by atoms with Gasteiger partial charge < -0.3 is 18.8 Å². The summed E-state index contributed by atoms with van der Waals surface area (Å²) in [5.41, 5.74) is 2.82. The van der Waals surface area contributed by atoms with Gasteiger partial charge in [0.1, 0.15) is 5.82 Å². The zero-order chi connectivity index (χ0) is 19.3. The molecule has 1 fully saturated rings. The molecule has 2 aromatic heterocycles. The van der Waals surface area contributed by atoms with Crippen molar-refractivity contribution in [2.45, 2.75) is 25.7 Å². The van der Waals surface area contributed by atoms with Crippen LogP contribution in [0.25, 0.3) is 16.8 Å². The summed E-state index contributed by atoms with van der Waals surface area (Å²) in [5.74, 6) is 2.94. The molecule has 144 valence electrons. The van der Waals surface area contributed by atoms with Crippen LogP contribution < -0.4 is 9.47 Å². The van der Waals surface area contributed by atoms with Gasteiger partial charge in [-0.25, -0.2) is 4.98 Å². The van der Waals surface area contributed by atoms with Crippen LogP contribution in [0.15, 0.2) is 36.5 Å². The average molecular weight is 398 g/mol. The number of ether oxygens (including phenoxy) is 2. The average Bonchev–Trinajstić information content (AvgIpc) is 3.31. The lowest BCUT2D eigenvalue weighted by Crippen LogP contribution is -2.36. The van der Waals surface area contributed by atoms with E-state index in [0.29, 0.717) is 10.9 Å². The van der Waals surface area contributed by atoms with Crippen molar-refractivity contribution < 1.29 is 14.3 Å². The van der Waals surface area contributed by atoms with Gasteiger partial charge in [0.2, 0.25) is 12.7 Å². The molecule has 5 rings (SSSR count). The summed E-state index contributed by atoms with van der Waals surface area (Å²) >= 11 is 6.29. The van der Waals surface area contributed by atoms with Crippen LogP contribution >= 0.6 is 11.6 Å². The van der Waals surface area contributed by atoms with Crippen molar-refractivity contribution in [3.63, 3.8) is 0 Å². The summed E-state index contributed by atoms with van der Waals surface area (Å²) in [7, 11) is 0. The van der Waals surface area contributed by atoms with Crippen molar-refractivity contribution in [3.05, 3.63) is 47.4 Å². The van der Waals surface area contributed by atoms with E-state index in [0.717, 1.165) is 60.0 Å². The van der Waals surface area contributed by atoms with Crippen molar-refractivity contribution in [3.8, 4) is 22.8 Å². The third-order valence-corrected chi connectivity index (χ3v) is 5.82. The lowest BCUT2D eigenvalue weighted by Gasteiger charge is -2.30. The Bertz CT molecular complexity index is 1070. The highest BCUT2D eigenvalue weighted by Crippen LogP contribution is 2.39. The molecule has 28 heavy (non-hydrogen) atoms. The molecule has 1 aromatic carbocycles. The number of hydrogen-bond acceptors (Lipinski definition) is 4. The largest absolute Gasteiger partial charge is 0.454 e. The first kappa shape index (κ1) is 17.4. The Hall–Kier alpha value is -2.73. The van der Waals surface area contributed by atoms with Gasteiger partial charge in [0.05, 0.1) is 11.2 Å². The first-order valence-electron chi connectivity index (χ1n) is 9.43. The molecule has 0 spiro atoms. The third-order valence-electron chi connectivity index (χ3n) is 5.58. The Morgan fingerprint density at radius 2 is 1.93 bits per heavy atom. The Balaban J connectivity index is 1.57. The molecule has 0 saturated carbocycles. The minimum Gasteiger partial charge on any atom is -0.454 e. The van der Waals surface area contributed by atoms with Crippen LogP contribution in [0.1, 0.15) is 31.5 Å². The number of amides is 1. The predicted octanol–water partition coefficient (Wildman–Crippen LogP) is 4.11. The molecule has 0 N–H and O–H groups in total. The van der Waals surface area contributed by atoms with Crippen LogP contribution in [0.3, 0.4) is 0 Å². The number of piperidine rings is 1. The number of nitrogens with zero attached hydrogens (tertiary/aromatic N) is 3. The van der Waals surface area contributed by atoms with Gasteiger partial charge in [-0.2, -0.15) is 0 Å². The standard InChI is InChI=1S/C21H20ClN3O3/c1-13(26)24-7-4-14(5-8-24)21-23-20(17-11-16(22)6-9-25(17)21)15-2-3-18-19(10-15)28-12-27-18/h2-3,6,9-11,14H,4-5,7-8,12H2,1H3. The first-order chi connectivity index (χ1) is 13.6. The zero-order valence-electron chi connectivity index (χ0n) is 15.5. The van der Waals surface area contributed by atoms with Gasteiger partial charge in [0, 0.05) is 42.7 Å². The van der Waals surface area contributed by atoms with Gasteiger partial charge in [-0.3, -0.25) is 4.79 Å². The second kappa shape index (κ2) is 6.71. The molecular weight excluding hydrogens is 378 g/mol. The van der Waals surface area contributed by atoms with Crippen LogP contribution in [-0.4, -0.2) is 40.1 Å². The van der Waals surface area contributed by atoms with Crippen molar-refractivity contribution in [1.82, 2.24) is 14.3 Å². The highest BCUT2D eigenvalue weighted by molar-refractivity contribution is 6.31. The quantitative estimate of drug-likeness (QED) is 0.653. The number of likely N-dealkylation sites (tertiary alicyclic amines) is 1. The molecule has 2 aliphatic rings. The number of carbonyl (C=O) groups excluding carboxylic acids is 1. The second-order valence-electron chi connectivity index (χ2n) is 7.27. The van der Waals surface area contributed by atoms with Crippen molar-refractivity contribution in [2.24, 2.45) is 0 Å². The number of imidazole rings is 1. The Kier molecular flexibility index (Phi) is 4.16. The van der Waals surface area contributed by atoms with E-state index in [1.54, 1.807) is 6.92 Å². The SMILES string of the molecule is CC(=O)N1CCC(c2nc(-c3ccc4c(c3)OCO4)c3cc(Cl)ccn23)CC1. The fourth-order valence-electron chi connectivity index (χ4n) is 4.08. The van der Waals surface area contributed by atoms with Crippen molar-refractivity contribution in [2.75, 3.05) is 19.9 Å². The number of halogens is 1. The van der Waals surface area contributed by atoms with E-state index in [1.807, 2.05) is 41.4 Å². The molecule has 4 heterocycles. The monoisotopic (exact) mass is 397 g/mol. The zero-order valence-corrected chi connectivity index (χ0v) is 16.3. The Morgan fingerprint density at radius 3 is 2.71 bits per heavy atom. The minimum atomic E-state index is 0.138. The first-order valence-corrected chi connectivity index (χ1v) is 9.81. The normalized spacial score (nSPS) is 16.7. The van der Waals surface area contributed by atoms with Gasteiger partial charge in [0.15, 0.2) is 11.5 Å². The third kappa shape index (κ3) is 2.88. The lowest BCUT2D eigenvalue weighted by atomic mass is 9.96. The highest BCUT2D eigenvalue weighted by Gasteiger charge is 2.27. The van der Waals surface area contributed by atoms with E-state index in [9.17, 15) is 4.79 Å². The van der Waals surface area contributed by atoms with Gasteiger partial charge >= 0.3 is 0 Å². The van der Waals surface area contributed by atoms with Crippen molar-refractivity contribution in [1.29, 1.82) is 0 Å². The van der Waals surface area contributed by atoms with E-state index >= 15 is 0 Å². The smallest absolute Gasteiger partial charge is 0.231 e. The molecule has 0 bridgehead atoms. The summed E-state index contributed by atoms with van der Waals surface area (Å²) in [4.78, 5) is 18.6. The van der Waals surface area contributed by atoms with Crippen LogP contribution in [-0.2, 0) is 4.79 Å². The van der Waals surface area contributed by atoms with E-state index in [-0.39, 0.29) is 12.7 Å². The maximum atomic E-state index is 11.6. The Labute approximate surface area is 167 Å². The number of benzene rings is 1. The molecule has 1 amide bonds. The van der Waals surface area contributed by atoms with Crippen molar-refractivity contribution >= 4 is 23.0 Å². The molecule has 0 atom stereocenters. The fraction of sp³-hybridized carbons (Fsp3) is 0.333. The maximum absolute atomic E-state index is 11.6. The Morgan fingerprint density at radius 1 is 1.14 bits per heavy atom. The topological polar surface area (TPSA) is 56.1 Å². The van der Waals surface area contributed by atoms with E-state index in [2.05, 4.69) is 4.40 Å². The van der Waals surface area contributed by atoms with Gasteiger partial charge in [-0.05, 0) is 43.2 Å². The van der Waals surface area contributed by atoms with Gasteiger partial charge in [0.25, 0.3) is 0 Å². The summed E-state index contributed by atoms with van der Waals surface area (Å²) in [5, 5.41) is 0.673. The number of aromatic nitrogens is 2. The number of rotatable bonds is 2. The summed E-state index contributed by atoms with van der Waals surface area (Å²) in [6, 6.07) is 9.71. The van der Waals surface area contributed by atoms with Crippen LogP contribution in [0.4, 0.5) is 0 Å². The molecule has 0 radical (unpaired) electrons. The molecule has 0 unspecified atom stereocenters. The lowest BCUT2D eigenvalue weighted by molar-refractivity contribution is -0.129. The van der Waals surface area contributed by atoms with Crippen LogP contribution in [0.5, 0.6) is 11.5 Å². The fourth-order valence-corrected chi connectivity index (χ4v) is 4.24. The number of pyridine rings is 1. The molecular formula is C21H20ClN3O3. The molecule has 7 heteroatoms. The summed E-state index contributed by atoms with van der Waals surface area (Å²) < 4.78 is 13.1. The minimum absolute atomic E-state index is 0.138. The maximum Gasteiger partial charge on any atom is 0.231 e. The van der Waals surface area contributed by atoms with E-state index < -0.39 is 0 Å². The van der Waals surface area contributed by atoms with Crippen LogP contribution in [0, 0.1) is 0 Å². The summed E-state index contributed by atoms with van der Waals surface area (Å²) in [6.07, 6.45) is 3.79. The van der Waals surface area contributed by atoms with Gasteiger partial charge in [-0.15, -0.1) is 0 Å². The van der Waals surface area contributed by atoms with Crippen LogP contribution in [0.2, 0.25) is 5.02 Å².